The average Bonchev–Trinajstić information content (AvgIpc) is 2.87. The molecule has 33 heavy (non-hydrogen) atoms. The Hall–Kier alpha value is -3.06. The number of amides is 2. The van der Waals surface area contributed by atoms with Crippen molar-refractivity contribution in [2.75, 3.05) is 53.5 Å². The molecule has 5 rings (SSSR count). The fourth-order valence-corrected chi connectivity index (χ4v) is 5.60. The third kappa shape index (κ3) is 3.55. The van der Waals surface area contributed by atoms with Gasteiger partial charge in [-0.05, 0) is 41.8 Å². The Kier molecular flexibility index (Phi) is 5.74. The molecule has 7 nitrogen and oxygen atoms in total. The molecule has 0 saturated carbocycles. The highest BCUT2D eigenvalue weighted by molar-refractivity contribution is 6.02. The highest BCUT2D eigenvalue weighted by atomic mass is 16.5. The van der Waals surface area contributed by atoms with E-state index >= 15 is 0 Å². The lowest BCUT2D eigenvalue weighted by molar-refractivity contribution is -0.136. The Bertz CT molecular complexity index is 1080. The first kappa shape index (κ1) is 21.8. The minimum Gasteiger partial charge on any atom is -0.493 e. The van der Waals surface area contributed by atoms with Crippen LogP contribution in [0.4, 0.5) is 0 Å². The maximum absolute atomic E-state index is 14.1. The van der Waals surface area contributed by atoms with Crippen molar-refractivity contribution in [1.82, 2.24) is 14.7 Å². The summed E-state index contributed by atoms with van der Waals surface area (Å²) in [5.41, 5.74) is 3.56. The summed E-state index contributed by atoms with van der Waals surface area (Å²) in [5.74, 6) is 0.592. The van der Waals surface area contributed by atoms with Gasteiger partial charge in [-0.2, -0.15) is 0 Å². The van der Waals surface area contributed by atoms with Crippen molar-refractivity contribution in [3.8, 4) is 11.5 Å². The van der Waals surface area contributed by atoms with Crippen LogP contribution >= 0.6 is 0 Å². The lowest BCUT2D eigenvalue weighted by atomic mass is 9.75. The van der Waals surface area contributed by atoms with Crippen molar-refractivity contribution < 1.29 is 19.1 Å². The zero-order valence-electron chi connectivity index (χ0n) is 19.5. The summed E-state index contributed by atoms with van der Waals surface area (Å²) in [5, 5.41) is 0. The number of rotatable bonds is 4. The number of hydrogen-bond donors (Lipinski definition) is 0. The van der Waals surface area contributed by atoms with Crippen LogP contribution in [-0.2, 0) is 11.2 Å². The Morgan fingerprint density at radius 1 is 0.970 bits per heavy atom. The molecule has 0 radical (unpaired) electrons. The van der Waals surface area contributed by atoms with E-state index in [-0.39, 0.29) is 17.9 Å². The molecule has 2 aromatic carbocycles. The van der Waals surface area contributed by atoms with Crippen LogP contribution in [0.5, 0.6) is 11.5 Å². The van der Waals surface area contributed by atoms with E-state index in [2.05, 4.69) is 24.0 Å². The maximum Gasteiger partial charge on any atom is 0.254 e. The van der Waals surface area contributed by atoms with Crippen LogP contribution in [0.15, 0.2) is 36.4 Å². The second-order valence-corrected chi connectivity index (χ2v) is 8.92. The summed E-state index contributed by atoms with van der Waals surface area (Å²) in [6.07, 6.45) is 0.789. The molecule has 0 bridgehead atoms. The monoisotopic (exact) mass is 449 g/mol. The average molecular weight is 450 g/mol. The zero-order chi connectivity index (χ0) is 23.1. The van der Waals surface area contributed by atoms with E-state index in [0.717, 1.165) is 37.2 Å². The molecule has 3 aliphatic heterocycles. The highest BCUT2D eigenvalue weighted by Gasteiger charge is 2.48. The summed E-state index contributed by atoms with van der Waals surface area (Å²) >= 11 is 0. The van der Waals surface area contributed by atoms with Gasteiger partial charge in [-0.3, -0.25) is 9.59 Å². The number of likely N-dealkylation sites (N-methyl/N-ethyl adjacent to an activating group) is 1. The molecule has 0 unspecified atom stereocenters. The van der Waals surface area contributed by atoms with Gasteiger partial charge in [0.1, 0.15) is 0 Å². The van der Waals surface area contributed by atoms with Crippen molar-refractivity contribution in [2.24, 2.45) is 0 Å². The minimum absolute atomic E-state index is 0.0506. The summed E-state index contributed by atoms with van der Waals surface area (Å²) in [6, 6.07) is 11.5. The van der Waals surface area contributed by atoms with Gasteiger partial charge in [-0.25, -0.2) is 0 Å². The first-order valence-corrected chi connectivity index (χ1v) is 11.7. The maximum atomic E-state index is 14.1. The Labute approximate surface area is 194 Å². The van der Waals surface area contributed by atoms with Gasteiger partial charge in [0.25, 0.3) is 5.91 Å². The molecular weight excluding hydrogens is 418 g/mol. The molecule has 0 N–H and O–H groups in total. The lowest BCUT2D eigenvalue weighted by Crippen LogP contribution is -2.54. The zero-order valence-corrected chi connectivity index (χ0v) is 19.5. The standard InChI is InChI=1S/C26H31N3O4/c1-4-27-11-13-28(14-12-27)26(31)23-19-15-21(32-2)22(33-3)16-20(19)25(30)29-10-9-17-7-5-6-8-18(17)24(23)29/h5-8,15-16,23-24H,4,9-14H2,1-3H3/t23-,24-/m1/s1. The predicted molar refractivity (Wildman–Crippen MR) is 125 cm³/mol. The van der Waals surface area contributed by atoms with E-state index in [1.807, 2.05) is 28.0 Å². The highest BCUT2D eigenvalue weighted by Crippen LogP contribution is 2.49. The molecule has 1 fully saturated rings. The van der Waals surface area contributed by atoms with Crippen molar-refractivity contribution in [3.05, 3.63) is 58.7 Å². The normalized spacial score (nSPS) is 22.3. The van der Waals surface area contributed by atoms with E-state index in [0.29, 0.717) is 36.7 Å². The van der Waals surface area contributed by atoms with Crippen LogP contribution in [-0.4, -0.2) is 80.0 Å². The van der Waals surface area contributed by atoms with Gasteiger partial charge in [0.15, 0.2) is 11.5 Å². The van der Waals surface area contributed by atoms with Crippen LogP contribution in [0.1, 0.15) is 45.9 Å². The first-order valence-electron chi connectivity index (χ1n) is 11.7. The lowest BCUT2D eigenvalue weighted by Gasteiger charge is -2.47. The van der Waals surface area contributed by atoms with Gasteiger partial charge < -0.3 is 24.2 Å². The molecule has 1 saturated heterocycles. The molecule has 174 valence electrons. The van der Waals surface area contributed by atoms with Crippen molar-refractivity contribution in [1.29, 1.82) is 0 Å². The Morgan fingerprint density at radius 3 is 2.36 bits per heavy atom. The first-order chi connectivity index (χ1) is 16.1. The van der Waals surface area contributed by atoms with Gasteiger partial charge in [0.2, 0.25) is 5.91 Å². The van der Waals surface area contributed by atoms with E-state index in [1.165, 1.54) is 5.56 Å². The fourth-order valence-electron chi connectivity index (χ4n) is 5.60. The van der Waals surface area contributed by atoms with Gasteiger partial charge in [-0.1, -0.05) is 31.2 Å². The van der Waals surface area contributed by atoms with E-state index in [1.54, 1.807) is 20.3 Å². The third-order valence-electron chi connectivity index (χ3n) is 7.43. The summed E-state index contributed by atoms with van der Waals surface area (Å²) < 4.78 is 11.0. The minimum atomic E-state index is -0.480. The Morgan fingerprint density at radius 2 is 1.67 bits per heavy atom. The molecular formula is C26H31N3O4. The number of hydrogen-bond acceptors (Lipinski definition) is 5. The topological polar surface area (TPSA) is 62.3 Å². The third-order valence-corrected chi connectivity index (χ3v) is 7.43. The predicted octanol–water partition coefficient (Wildman–Crippen LogP) is 2.70. The van der Waals surface area contributed by atoms with Crippen molar-refractivity contribution in [2.45, 2.75) is 25.3 Å². The number of methoxy groups -OCH3 is 2. The second-order valence-electron chi connectivity index (χ2n) is 8.92. The van der Waals surface area contributed by atoms with Crippen molar-refractivity contribution in [3.63, 3.8) is 0 Å². The molecule has 7 heteroatoms. The van der Waals surface area contributed by atoms with Crippen molar-refractivity contribution >= 4 is 11.8 Å². The van der Waals surface area contributed by atoms with Gasteiger partial charge >= 0.3 is 0 Å². The quantitative estimate of drug-likeness (QED) is 0.718. The van der Waals surface area contributed by atoms with Crippen LogP contribution in [0.25, 0.3) is 0 Å². The molecule has 0 spiro atoms. The summed E-state index contributed by atoms with van der Waals surface area (Å²) in [4.78, 5) is 34.0. The molecule has 3 aliphatic rings. The fraction of sp³-hybridized carbons (Fsp3) is 0.462. The number of fused-ring (bicyclic) bond motifs is 4. The smallest absolute Gasteiger partial charge is 0.254 e. The number of ether oxygens (including phenoxy) is 2. The van der Waals surface area contributed by atoms with E-state index in [9.17, 15) is 9.59 Å². The number of nitrogens with zero attached hydrogens (tertiary/aromatic N) is 3. The molecule has 2 aromatic rings. The van der Waals surface area contributed by atoms with Gasteiger partial charge in [-0.15, -0.1) is 0 Å². The number of carbonyl (C=O) groups is 2. The molecule has 0 aromatic heterocycles. The van der Waals surface area contributed by atoms with Crippen LogP contribution in [0.3, 0.4) is 0 Å². The number of benzene rings is 2. The van der Waals surface area contributed by atoms with Crippen LogP contribution in [0, 0.1) is 0 Å². The van der Waals surface area contributed by atoms with Crippen LogP contribution in [0.2, 0.25) is 0 Å². The molecule has 0 aliphatic carbocycles. The summed E-state index contributed by atoms with van der Waals surface area (Å²) in [7, 11) is 3.14. The molecule has 2 amide bonds. The number of carbonyl (C=O) groups excluding carboxylic acids is 2. The molecule has 2 atom stereocenters. The van der Waals surface area contributed by atoms with Crippen LogP contribution < -0.4 is 9.47 Å². The van der Waals surface area contributed by atoms with E-state index in [4.69, 9.17) is 9.47 Å². The molecule has 3 heterocycles. The van der Waals surface area contributed by atoms with Gasteiger partial charge in [0.05, 0.1) is 26.2 Å². The number of piperazine rings is 1. The SMILES string of the molecule is CCN1CCN(C(=O)[C@@H]2c3cc(OC)c(OC)cc3C(=O)N3CCc4ccccc4[C@H]23)CC1. The summed E-state index contributed by atoms with van der Waals surface area (Å²) in [6.45, 7) is 6.89. The van der Waals surface area contributed by atoms with E-state index < -0.39 is 5.92 Å². The second kappa shape index (κ2) is 8.71. The van der Waals surface area contributed by atoms with Gasteiger partial charge in [0, 0.05) is 38.3 Å². The largest absolute Gasteiger partial charge is 0.493 e. The Balaban J connectivity index is 1.64.